The minimum absolute atomic E-state index is 0.501. The van der Waals surface area contributed by atoms with E-state index in [9.17, 15) is 0 Å². The molecule has 1 N–H and O–H groups in total. The van der Waals surface area contributed by atoms with Crippen LogP contribution in [-0.2, 0) is 0 Å². The van der Waals surface area contributed by atoms with E-state index in [1.165, 1.54) is 14.8 Å². The fourth-order valence-corrected chi connectivity index (χ4v) is 1.92. The lowest BCUT2D eigenvalue weighted by atomic mass is 10.1. The average molecular weight is 315 g/mol. The third kappa shape index (κ3) is 4.24. The molecule has 0 aromatic heterocycles. The first-order chi connectivity index (χ1) is 7.13. The van der Waals surface area contributed by atoms with E-state index < -0.39 is 0 Å². The Kier molecular flexibility index (Phi) is 5.15. The van der Waals surface area contributed by atoms with E-state index in [2.05, 4.69) is 66.5 Å². The standard InChI is InChI=1S/C13H18IN/c1-4-5-6-11(3)15-12-8-7-10(2)13(14)9-12/h4,7-9,11,15H,1,5-6H2,2-3H3. The van der Waals surface area contributed by atoms with Gasteiger partial charge in [0.15, 0.2) is 0 Å². The van der Waals surface area contributed by atoms with Crippen LogP contribution in [-0.4, -0.2) is 6.04 Å². The highest BCUT2D eigenvalue weighted by atomic mass is 127. The van der Waals surface area contributed by atoms with E-state index in [0.717, 1.165) is 12.8 Å². The Hall–Kier alpha value is -0.510. The second-order valence-electron chi connectivity index (χ2n) is 3.88. The first kappa shape index (κ1) is 12.6. The van der Waals surface area contributed by atoms with Crippen molar-refractivity contribution >= 4 is 28.3 Å². The molecule has 0 fully saturated rings. The summed E-state index contributed by atoms with van der Waals surface area (Å²) in [6.45, 7) is 8.07. The highest BCUT2D eigenvalue weighted by Gasteiger charge is 2.02. The molecule has 1 unspecified atom stereocenters. The van der Waals surface area contributed by atoms with Crippen LogP contribution in [0.5, 0.6) is 0 Å². The van der Waals surface area contributed by atoms with Gasteiger partial charge in [-0.1, -0.05) is 12.1 Å². The zero-order valence-corrected chi connectivity index (χ0v) is 11.5. The molecule has 0 aliphatic heterocycles. The van der Waals surface area contributed by atoms with Gasteiger partial charge in [0.25, 0.3) is 0 Å². The van der Waals surface area contributed by atoms with Crippen LogP contribution in [0, 0.1) is 10.5 Å². The zero-order chi connectivity index (χ0) is 11.3. The molecule has 1 rings (SSSR count). The minimum atomic E-state index is 0.501. The summed E-state index contributed by atoms with van der Waals surface area (Å²) in [6, 6.07) is 6.99. The summed E-state index contributed by atoms with van der Waals surface area (Å²) in [4.78, 5) is 0. The van der Waals surface area contributed by atoms with Crippen molar-refractivity contribution in [2.24, 2.45) is 0 Å². The number of halogens is 1. The van der Waals surface area contributed by atoms with Gasteiger partial charge >= 0.3 is 0 Å². The van der Waals surface area contributed by atoms with Crippen LogP contribution in [0.2, 0.25) is 0 Å². The third-order valence-corrected chi connectivity index (χ3v) is 3.55. The van der Waals surface area contributed by atoms with Crippen LogP contribution >= 0.6 is 22.6 Å². The van der Waals surface area contributed by atoms with Crippen LogP contribution in [0.1, 0.15) is 25.3 Å². The van der Waals surface area contributed by atoms with Gasteiger partial charge in [0.1, 0.15) is 0 Å². The van der Waals surface area contributed by atoms with E-state index in [4.69, 9.17) is 0 Å². The van der Waals surface area contributed by atoms with Gasteiger partial charge < -0.3 is 5.32 Å². The predicted molar refractivity (Wildman–Crippen MR) is 76.4 cm³/mol. The highest BCUT2D eigenvalue weighted by molar-refractivity contribution is 14.1. The number of benzene rings is 1. The van der Waals surface area contributed by atoms with Crippen LogP contribution in [0.25, 0.3) is 0 Å². The molecule has 0 aliphatic rings. The maximum atomic E-state index is 3.74. The molecule has 82 valence electrons. The second kappa shape index (κ2) is 6.16. The lowest BCUT2D eigenvalue weighted by Gasteiger charge is -2.15. The summed E-state index contributed by atoms with van der Waals surface area (Å²) < 4.78 is 1.31. The summed E-state index contributed by atoms with van der Waals surface area (Å²) in [5.41, 5.74) is 2.54. The number of allylic oxidation sites excluding steroid dienone is 1. The zero-order valence-electron chi connectivity index (χ0n) is 9.39. The Morgan fingerprint density at radius 1 is 1.53 bits per heavy atom. The van der Waals surface area contributed by atoms with Crippen LogP contribution in [0.15, 0.2) is 30.9 Å². The monoisotopic (exact) mass is 315 g/mol. The van der Waals surface area contributed by atoms with Crippen molar-refractivity contribution in [3.05, 3.63) is 40.0 Å². The topological polar surface area (TPSA) is 12.0 Å². The average Bonchev–Trinajstić information content (AvgIpc) is 2.20. The largest absolute Gasteiger partial charge is 0.383 e. The molecule has 0 saturated carbocycles. The molecule has 15 heavy (non-hydrogen) atoms. The van der Waals surface area contributed by atoms with Gasteiger partial charge in [-0.3, -0.25) is 0 Å². The smallest absolute Gasteiger partial charge is 0.0353 e. The number of nitrogens with one attached hydrogen (secondary N) is 1. The van der Waals surface area contributed by atoms with Crippen LogP contribution in [0.4, 0.5) is 5.69 Å². The lowest BCUT2D eigenvalue weighted by Crippen LogP contribution is -2.14. The number of hydrogen-bond donors (Lipinski definition) is 1. The molecule has 0 aliphatic carbocycles. The number of hydrogen-bond acceptors (Lipinski definition) is 1. The van der Waals surface area contributed by atoms with Crippen LogP contribution in [0.3, 0.4) is 0 Å². The Balaban J connectivity index is 2.56. The molecule has 1 atom stereocenters. The summed E-state index contributed by atoms with van der Waals surface area (Å²) in [5, 5.41) is 3.49. The van der Waals surface area contributed by atoms with E-state index >= 15 is 0 Å². The number of rotatable bonds is 5. The van der Waals surface area contributed by atoms with Crippen molar-refractivity contribution in [3.8, 4) is 0 Å². The highest BCUT2D eigenvalue weighted by Crippen LogP contribution is 2.18. The molecule has 0 saturated heterocycles. The van der Waals surface area contributed by atoms with E-state index in [1.54, 1.807) is 0 Å². The molecule has 1 aromatic rings. The molecular weight excluding hydrogens is 297 g/mol. The van der Waals surface area contributed by atoms with Crippen molar-refractivity contribution in [2.45, 2.75) is 32.7 Å². The van der Waals surface area contributed by atoms with Gasteiger partial charge in [-0.15, -0.1) is 6.58 Å². The number of anilines is 1. The molecular formula is C13H18IN. The summed E-state index contributed by atoms with van der Waals surface area (Å²) in [6.07, 6.45) is 4.17. The quantitative estimate of drug-likeness (QED) is 0.628. The Bertz CT molecular complexity index is 333. The molecule has 2 heteroatoms. The van der Waals surface area contributed by atoms with Crippen molar-refractivity contribution in [3.63, 3.8) is 0 Å². The molecule has 0 spiro atoms. The SMILES string of the molecule is C=CCCC(C)Nc1ccc(C)c(I)c1. The van der Waals surface area contributed by atoms with Crippen molar-refractivity contribution in [2.75, 3.05) is 5.32 Å². The lowest BCUT2D eigenvalue weighted by molar-refractivity contribution is 0.719. The van der Waals surface area contributed by atoms with Crippen molar-refractivity contribution < 1.29 is 0 Å². The Morgan fingerprint density at radius 3 is 2.87 bits per heavy atom. The number of aryl methyl sites for hydroxylation is 1. The fourth-order valence-electron chi connectivity index (χ4n) is 1.41. The summed E-state index contributed by atoms with van der Waals surface area (Å²) >= 11 is 2.37. The molecule has 0 radical (unpaired) electrons. The fraction of sp³-hybridized carbons (Fsp3) is 0.385. The summed E-state index contributed by atoms with van der Waals surface area (Å²) in [5.74, 6) is 0. The first-order valence-corrected chi connectivity index (χ1v) is 6.35. The maximum absolute atomic E-state index is 3.74. The molecule has 1 nitrogen and oxygen atoms in total. The molecule has 0 bridgehead atoms. The van der Waals surface area contributed by atoms with E-state index in [-0.39, 0.29) is 0 Å². The van der Waals surface area contributed by atoms with Gasteiger partial charge in [0.05, 0.1) is 0 Å². The molecule has 1 aromatic carbocycles. The van der Waals surface area contributed by atoms with Gasteiger partial charge in [-0.05, 0) is 67.0 Å². The van der Waals surface area contributed by atoms with Gasteiger partial charge in [-0.2, -0.15) is 0 Å². The van der Waals surface area contributed by atoms with Gasteiger partial charge in [0.2, 0.25) is 0 Å². The Labute approximate surface area is 106 Å². The molecule has 0 heterocycles. The van der Waals surface area contributed by atoms with Crippen LogP contribution < -0.4 is 5.32 Å². The molecule has 0 amide bonds. The minimum Gasteiger partial charge on any atom is -0.383 e. The van der Waals surface area contributed by atoms with E-state index in [0.29, 0.717) is 6.04 Å². The van der Waals surface area contributed by atoms with Crippen molar-refractivity contribution in [1.29, 1.82) is 0 Å². The Morgan fingerprint density at radius 2 is 2.27 bits per heavy atom. The predicted octanol–water partition coefficient (Wildman–Crippen LogP) is 4.37. The summed E-state index contributed by atoms with van der Waals surface area (Å²) in [7, 11) is 0. The van der Waals surface area contributed by atoms with E-state index in [1.807, 2.05) is 6.08 Å². The maximum Gasteiger partial charge on any atom is 0.0353 e. The normalized spacial score (nSPS) is 12.2. The third-order valence-electron chi connectivity index (χ3n) is 2.39. The van der Waals surface area contributed by atoms with Gasteiger partial charge in [-0.25, -0.2) is 0 Å². The first-order valence-electron chi connectivity index (χ1n) is 5.27. The van der Waals surface area contributed by atoms with Crippen molar-refractivity contribution in [1.82, 2.24) is 0 Å². The van der Waals surface area contributed by atoms with Gasteiger partial charge in [0, 0.05) is 15.3 Å². The second-order valence-corrected chi connectivity index (χ2v) is 5.04.